The highest BCUT2D eigenvalue weighted by Gasteiger charge is 2.37. The molecule has 43 heavy (non-hydrogen) atoms. The predicted octanol–water partition coefficient (Wildman–Crippen LogP) is 6.32. The van der Waals surface area contributed by atoms with Crippen LogP contribution in [0.3, 0.4) is 0 Å². The van der Waals surface area contributed by atoms with Gasteiger partial charge in [0.05, 0.1) is 21.2 Å². The lowest BCUT2D eigenvalue weighted by molar-refractivity contribution is -0.139. The number of halogens is 4. The Morgan fingerprint density at radius 1 is 0.930 bits per heavy atom. The second-order valence-electron chi connectivity index (χ2n) is 10.1. The van der Waals surface area contributed by atoms with Crippen LogP contribution in [0.15, 0.2) is 83.8 Å². The van der Waals surface area contributed by atoms with E-state index in [1.54, 1.807) is 13.0 Å². The quantitative estimate of drug-likeness (QED) is 0.238. The van der Waals surface area contributed by atoms with Gasteiger partial charge in [-0.2, -0.15) is 13.2 Å². The molecule has 3 rings (SSSR count). The van der Waals surface area contributed by atoms with Crippen LogP contribution < -0.4 is 9.62 Å². The topological polar surface area (TPSA) is 86.8 Å². The number of sulfonamides is 1. The number of carbonyl (C=O) groups is 2. The van der Waals surface area contributed by atoms with Gasteiger partial charge < -0.3 is 10.2 Å². The first-order chi connectivity index (χ1) is 20.3. The smallest absolute Gasteiger partial charge is 0.352 e. The number of anilines is 1. The van der Waals surface area contributed by atoms with Crippen LogP contribution in [0.5, 0.6) is 0 Å². The Balaban J connectivity index is 2.09. The summed E-state index contributed by atoms with van der Waals surface area (Å²) in [6.45, 7) is 4.68. The number of carbonyl (C=O) groups excluding carboxylic acids is 2. The summed E-state index contributed by atoms with van der Waals surface area (Å²) in [7, 11) is -4.53. The molecule has 1 N–H and O–H groups in total. The van der Waals surface area contributed by atoms with Crippen molar-refractivity contribution in [3.8, 4) is 0 Å². The molecule has 232 valence electrons. The second kappa shape index (κ2) is 14.7. The Morgan fingerprint density at radius 2 is 1.53 bits per heavy atom. The first-order valence-electron chi connectivity index (χ1n) is 13.9. The zero-order valence-corrected chi connectivity index (χ0v) is 25.7. The average molecular weight is 638 g/mol. The number of rotatable bonds is 13. The summed E-state index contributed by atoms with van der Waals surface area (Å²) in [6, 6.07) is 17.9. The Kier molecular flexibility index (Phi) is 11.6. The molecule has 0 aromatic heterocycles. The van der Waals surface area contributed by atoms with Gasteiger partial charge >= 0.3 is 6.18 Å². The second-order valence-corrected chi connectivity index (χ2v) is 12.3. The van der Waals surface area contributed by atoms with E-state index >= 15 is 0 Å². The molecule has 0 heterocycles. The van der Waals surface area contributed by atoms with E-state index in [2.05, 4.69) is 5.32 Å². The van der Waals surface area contributed by atoms with E-state index in [4.69, 9.17) is 11.6 Å². The minimum Gasteiger partial charge on any atom is -0.352 e. The number of amides is 2. The summed E-state index contributed by atoms with van der Waals surface area (Å²) in [5.41, 5.74) is -0.750. The molecule has 0 saturated heterocycles. The van der Waals surface area contributed by atoms with E-state index < -0.39 is 56.9 Å². The van der Waals surface area contributed by atoms with Gasteiger partial charge in [0.2, 0.25) is 11.8 Å². The number of hydrogen-bond donors (Lipinski definition) is 1. The van der Waals surface area contributed by atoms with Crippen molar-refractivity contribution in [2.75, 3.05) is 17.4 Å². The third kappa shape index (κ3) is 8.73. The first-order valence-corrected chi connectivity index (χ1v) is 15.7. The van der Waals surface area contributed by atoms with Crippen molar-refractivity contribution in [3.05, 3.63) is 95.0 Å². The minimum atomic E-state index is -4.87. The fourth-order valence-electron chi connectivity index (χ4n) is 4.47. The molecule has 0 aliphatic carbocycles. The Morgan fingerprint density at radius 3 is 2.09 bits per heavy atom. The Bertz CT molecular complexity index is 1490. The molecule has 3 aromatic carbocycles. The van der Waals surface area contributed by atoms with Crippen molar-refractivity contribution in [1.29, 1.82) is 0 Å². The summed E-state index contributed by atoms with van der Waals surface area (Å²) in [4.78, 5) is 28.4. The molecule has 2 atom stereocenters. The van der Waals surface area contributed by atoms with E-state index in [1.807, 2.05) is 44.2 Å². The number of alkyl halides is 3. The minimum absolute atomic E-state index is 0.0723. The van der Waals surface area contributed by atoms with Crippen molar-refractivity contribution < 1.29 is 31.2 Å². The van der Waals surface area contributed by atoms with E-state index in [0.29, 0.717) is 23.2 Å². The normalized spacial score (nSPS) is 13.2. The standard InChI is InChI=1S/C31H35ClF3N3O4S/c1-4-22(3)36-30(40)28(5-2)37(19-18-23-12-8-6-9-13-23)29(39)21-38(43(41,42)25-14-10-7-11-15-25)24-16-17-27(32)26(20-24)31(33,34)35/h6-17,20,22,28H,4-5,18-19,21H2,1-3H3,(H,36,40)/t22-,28+/m0/s1. The lowest BCUT2D eigenvalue weighted by Crippen LogP contribution is -2.54. The molecule has 3 aromatic rings. The highest BCUT2D eigenvalue weighted by Crippen LogP contribution is 2.38. The molecule has 0 saturated carbocycles. The maximum absolute atomic E-state index is 14.0. The SMILES string of the molecule is CC[C@H](C(=O)N[C@@H](C)CC)N(CCc1ccccc1)C(=O)CN(c1ccc(Cl)c(C(F)(F)F)c1)S(=O)(=O)c1ccccc1. The number of nitrogens with zero attached hydrogens (tertiary/aromatic N) is 2. The van der Waals surface area contributed by atoms with Gasteiger partial charge in [0.25, 0.3) is 10.0 Å². The Labute approximate surface area is 255 Å². The molecule has 0 fully saturated rings. The molecular formula is C31H35ClF3N3O4S. The monoisotopic (exact) mass is 637 g/mol. The maximum atomic E-state index is 14.0. The first kappa shape index (κ1) is 33.9. The third-order valence-corrected chi connectivity index (χ3v) is 9.14. The third-order valence-electron chi connectivity index (χ3n) is 7.02. The lowest BCUT2D eigenvalue weighted by atomic mass is 10.1. The van der Waals surface area contributed by atoms with Crippen molar-refractivity contribution in [1.82, 2.24) is 10.2 Å². The lowest BCUT2D eigenvalue weighted by Gasteiger charge is -2.34. The van der Waals surface area contributed by atoms with Crippen LogP contribution in [0.1, 0.15) is 44.7 Å². The van der Waals surface area contributed by atoms with Crippen molar-refractivity contribution in [2.45, 2.75) is 63.2 Å². The van der Waals surface area contributed by atoms with Crippen LogP contribution in [0, 0.1) is 0 Å². The molecule has 7 nitrogen and oxygen atoms in total. The van der Waals surface area contributed by atoms with Crippen molar-refractivity contribution in [3.63, 3.8) is 0 Å². The zero-order valence-electron chi connectivity index (χ0n) is 24.1. The average Bonchev–Trinajstić information content (AvgIpc) is 2.98. The molecule has 0 aliphatic heterocycles. The summed E-state index contributed by atoms with van der Waals surface area (Å²) in [5.74, 6) is -1.15. The Hall–Kier alpha value is -3.57. The molecule has 0 bridgehead atoms. The largest absolute Gasteiger partial charge is 0.417 e. The molecular weight excluding hydrogens is 603 g/mol. The molecule has 0 unspecified atom stereocenters. The van der Waals surface area contributed by atoms with Crippen LogP contribution in [0.4, 0.5) is 18.9 Å². The highest BCUT2D eigenvalue weighted by molar-refractivity contribution is 7.92. The molecule has 12 heteroatoms. The van der Waals surface area contributed by atoms with Gasteiger partial charge in [-0.15, -0.1) is 0 Å². The fourth-order valence-corrected chi connectivity index (χ4v) is 6.12. The van der Waals surface area contributed by atoms with Crippen molar-refractivity contribution in [2.24, 2.45) is 0 Å². The maximum Gasteiger partial charge on any atom is 0.417 e. The predicted molar refractivity (Wildman–Crippen MR) is 161 cm³/mol. The van der Waals surface area contributed by atoms with Gasteiger partial charge in [-0.05, 0) is 62.1 Å². The zero-order chi connectivity index (χ0) is 31.8. The molecule has 0 spiro atoms. The number of hydrogen-bond acceptors (Lipinski definition) is 4. The fraction of sp³-hybridized carbons (Fsp3) is 0.355. The molecule has 2 amide bonds. The highest BCUT2D eigenvalue weighted by atomic mass is 35.5. The van der Waals surface area contributed by atoms with Crippen molar-refractivity contribution >= 4 is 39.1 Å². The van der Waals surface area contributed by atoms with Crippen LogP contribution in [-0.4, -0.2) is 50.3 Å². The van der Waals surface area contributed by atoms with Crippen LogP contribution >= 0.6 is 11.6 Å². The summed E-state index contributed by atoms with van der Waals surface area (Å²) in [5, 5.41) is 2.27. The van der Waals surface area contributed by atoms with Crippen LogP contribution in [-0.2, 0) is 32.2 Å². The van der Waals surface area contributed by atoms with Gasteiger partial charge in [-0.3, -0.25) is 13.9 Å². The van der Waals surface area contributed by atoms with Gasteiger partial charge in [0.15, 0.2) is 0 Å². The van der Waals surface area contributed by atoms with E-state index in [9.17, 15) is 31.2 Å². The molecule has 0 aliphatic rings. The summed E-state index contributed by atoms with van der Waals surface area (Å²) >= 11 is 5.81. The van der Waals surface area contributed by atoms with E-state index in [-0.39, 0.29) is 23.9 Å². The number of nitrogens with one attached hydrogen (secondary N) is 1. The van der Waals surface area contributed by atoms with E-state index in [0.717, 1.165) is 17.7 Å². The summed E-state index contributed by atoms with van der Waals surface area (Å²) < 4.78 is 69.6. The van der Waals surface area contributed by atoms with Crippen LogP contribution in [0.2, 0.25) is 5.02 Å². The van der Waals surface area contributed by atoms with E-state index in [1.165, 1.54) is 29.2 Å². The summed E-state index contributed by atoms with van der Waals surface area (Å²) in [6.07, 6.45) is -3.62. The van der Waals surface area contributed by atoms with Gasteiger partial charge in [-0.25, -0.2) is 8.42 Å². The van der Waals surface area contributed by atoms with Gasteiger partial charge in [0.1, 0.15) is 12.6 Å². The van der Waals surface area contributed by atoms with Gasteiger partial charge in [0, 0.05) is 12.6 Å². The molecule has 0 radical (unpaired) electrons. The van der Waals surface area contributed by atoms with Gasteiger partial charge in [-0.1, -0.05) is 74.0 Å². The number of benzene rings is 3. The van der Waals surface area contributed by atoms with Crippen LogP contribution in [0.25, 0.3) is 0 Å².